The van der Waals surface area contributed by atoms with Crippen molar-refractivity contribution in [1.29, 1.82) is 0 Å². The monoisotopic (exact) mass is 341 g/mol. The van der Waals surface area contributed by atoms with Crippen LogP contribution in [-0.2, 0) is 5.60 Å². The Morgan fingerprint density at radius 2 is 1.24 bits per heavy atom. The van der Waals surface area contributed by atoms with Crippen molar-refractivity contribution >= 4 is 0 Å². The van der Waals surface area contributed by atoms with Crippen LogP contribution in [0.1, 0.15) is 24.0 Å². The van der Waals surface area contributed by atoms with Crippen molar-refractivity contribution < 1.29 is 14.6 Å². The Bertz CT molecular complexity index is 626. The number of nitrogens with zero attached hydrogens (tertiary/aromatic N) is 1. The summed E-state index contributed by atoms with van der Waals surface area (Å²) in [5.74, 6) is 1.76. The highest BCUT2D eigenvalue weighted by Crippen LogP contribution is 2.42. The molecule has 0 saturated carbocycles. The molecule has 0 unspecified atom stereocenters. The predicted molar refractivity (Wildman–Crippen MR) is 99.2 cm³/mol. The van der Waals surface area contributed by atoms with Crippen LogP contribution in [0.5, 0.6) is 11.5 Å². The lowest BCUT2D eigenvalue weighted by Crippen LogP contribution is -2.43. The topological polar surface area (TPSA) is 41.9 Å². The molecule has 3 rings (SSSR count). The van der Waals surface area contributed by atoms with Gasteiger partial charge in [-0.2, -0.15) is 0 Å². The zero-order valence-corrected chi connectivity index (χ0v) is 15.2. The third kappa shape index (κ3) is 3.51. The van der Waals surface area contributed by atoms with Crippen LogP contribution < -0.4 is 9.47 Å². The SMILES string of the molecule is COc1ccc(C(O)(c2ccc(OC)cc2)C2CCN(C)CC2)cc1. The van der Waals surface area contributed by atoms with E-state index in [1.165, 1.54) is 0 Å². The van der Waals surface area contributed by atoms with Crippen molar-refractivity contribution in [3.63, 3.8) is 0 Å². The van der Waals surface area contributed by atoms with Gasteiger partial charge in [0, 0.05) is 0 Å². The molecule has 1 aliphatic rings. The molecule has 0 bridgehead atoms. The Hall–Kier alpha value is -2.04. The van der Waals surface area contributed by atoms with Gasteiger partial charge in [0.25, 0.3) is 0 Å². The first-order valence-corrected chi connectivity index (χ1v) is 8.78. The number of rotatable bonds is 5. The number of benzene rings is 2. The lowest BCUT2D eigenvalue weighted by molar-refractivity contribution is -0.0109. The molecule has 0 aliphatic carbocycles. The van der Waals surface area contributed by atoms with E-state index in [0.717, 1.165) is 48.6 Å². The molecule has 0 amide bonds. The summed E-state index contributed by atoms with van der Waals surface area (Å²) in [6, 6.07) is 15.6. The molecule has 0 aromatic heterocycles. The number of methoxy groups -OCH3 is 2. The summed E-state index contributed by atoms with van der Waals surface area (Å²) in [7, 11) is 5.44. The Balaban J connectivity index is 2.02. The first kappa shape index (κ1) is 17.8. The Labute approximate surface area is 150 Å². The van der Waals surface area contributed by atoms with E-state index < -0.39 is 5.60 Å². The number of hydrogen-bond acceptors (Lipinski definition) is 4. The normalized spacial score (nSPS) is 16.6. The number of piperidine rings is 1. The van der Waals surface area contributed by atoms with Crippen molar-refractivity contribution in [2.24, 2.45) is 5.92 Å². The summed E-state index contributed by atoms with van der Waals surface area (Å²) < 4.78 is 10.5. The van der Waals surface area contributed by atoms with Crippen LogP contribution in [0.4, 0.5) is 0 Å². The second-order valence-corrected chi connectivity index (χ2v) is 6.80. The van der Waals surface area contributed by atoms with Crippen molar-refractivity contribution in [1.82, 2.24) is 4.90 Å². The molecule has 4 heteroatoms. The van der Waals surface area contributed by atoms with Crippen LogP contribution in [0.15, 0.2) is 48.5 Å². The maximum absolute atomic E-state index is 11.9. The van der Waals surface area contributed by atoms with Crippen molar-refractivity contribution in [3.8, 4) is 11.5 Å². The summed E-state index contributed by atoms with van der Waals surface area (Å²) >= 11 is 0. The maximum Gasteiger partial charge on any atom is 0.118 e. The second-order valence-electron chi connectivity index (χ2n) is 6.80. The number of aliphatic hydroxyl groups is 1. The van der Waals surface area contributed by atoms with Crippen LogP contribution in [0.3, 0.4) is 0 Å². The third-order valence-electron chi connectivity index (χ3n) is 5.37. The van der Waals surface area contributed by atoms with Crippen LogP contribution >= 0.6 is 0 Å². The highest BCUT2D eigenvalue weighted by Gasteiger charge is 2.41. The van der Waals surface area contributed by atoms with Gasteiger partial charge in [-0.05, 0) is 74.3 Å². The van der Waals surface area contributed by atoms with E-state index in [4.69, 9.17) is 9.47 Å². The Kier molecular flexibility index (Phi) is 5.30. The van der Waals surface area contributed by atoms with E-state index in [1.807, 2.05) is 48.5 Å². The Morgan fingerprint density at radius 1 is 0.840 bits per heavy atom. The molecule has 2 aromatic carbocycles. The summed E-state index contributed by atoms with van der Waals surface area (Å²) in [4.78, 5) is 2.32. The highest BCUT2D eigenvalue weighted by molar-refractivity contribution is 5.41. The molecule has 25 heavy (non-hydrogen) atoms. The van der Waals surface area contributed by atoms with Crippen molar-refractivity contribution in [2.45, 2.75) is 18.4 Å². The quantitative estimate of drug-likeness (QED) is 0.906. The number of likely N-dealkylation sites (tertiary alicyclic amines) is 1. The van der Waals surface area contributed by atoms with Gasteiger partial charge < -0.3 is 19.5 Å². The molecule has 2 aromatic rings. The van der Waals surface area contributed by atoms with Gasteiger partial charge in [0.05, 0.1) is 14.2 Å². The summed E-state index contributed by atoms with van der Waals surface area (Å²) in [6.45, 7) is 2.00. The van der Waals surface area contributed by atoms with Crippen LogP contribution in [0, 0.1) is 5.92 Å². The second kappa shape index (κ2) is 7.46. The molecule has 1 heterocycles. The molecule has 1 fully saturated rings. The standard InChI is InChI=1S/C21H27NO3/c1-22-14-12-18(13-15-22)21(23,16-4-8-19(24-2)9-5-16)17-6-10-20(25-3)11-7-17/h4-11,18,23H,12-15H2,1-3H3. The molecule has 4 nitrogen and oxygen atoms in total. The van der Waals surface area contributed by atoms with E-state index in [-0.39, 0.29) is 5.92 Å². The average Bonchev–Trinajstić information content (AvgIpc) is 2.68. The zero-order chi connectivity index (χ0) is 17.9. The highest BCUT2D eigenvalue weighted by atomic mass is 16.5. The zero-order valence-electron chi connectivity index (χ0n) is 15.2. The van der Waals surface area contributed by atoms with E-state index in [9.17, 15) is 5.11 Å². The van der Waals surface area contributed by atoms with Gasteiger partial charge in [-0.15, -0.1) is 0 Å². The number of ether oxygens (including phenoxy) is 2. The average molecular weight is 341 g/mol. The van der Waals surface area contributed by atoms with Gasteiger partial charge in [-0.25, -0.2) is 0 Å². The van der Waals surface area contributed by atoms with Crippen LogP contribution in [0.2, 0.25) is 0 Å². The minimum atomic E-state index is -1.01. The molecule has 1 saturated heterocycles. The summed E-state index contributed by atoms with van der Waals surface area (Å²) in [5.41, 5.74) is 0.806. The molecular weight excluding hydrogens is 314 g/mol. The van der Waals surface area contributed by atoms with E-state index in [1.54, 1.807) is 14.2 Å². The van der Waals surface area contributed by atoms with Gasteiger partial charge in [0.1, 0.15) is 17.1 Å². The molecular formula is C21H27NO3. The minimum absolute atomic E-state index is 0.172. The minimum Gasteiger partial charge on any atom is -0.497 e. The fourth-order valence-electron chi connectivity index (χ4n) is 3.75. The lowest BCUT2D eigenvalue weighted by atomic mass is 9.72. The largest absolute Gasteiger partial charge is 0.497 e. The van der Waals surface area contributed by atoms with Crippen LogP contribution in [0.25, 0.3) is 0 Å². The first-order chi connectivity index (χ1) is 12.1. The molecule has 1 N–H and O–H groups in total. The van der Waals surface area contributed by atoms with E-state index in [0.29, 0.717) is 0 Å². The van der Waals surface area contributed by atoms with Crippen molar-refractivity contribution in [3.05, 3.63) is 59.7 Å². The molecule has 0 radical (unpaired) electrons. The maximum atomic E-state index is 11.9. The lowest BCUT2D eigenvalue weighted by Gasteiger charge is -2.41. The fourth-order valence-corrected chi connectivity index (χ4v) is 3.75. The summed E-state index contributed by atoms with van der Waals surface area (Å²) in [5, 5.41) is 11.9. The number of hydrogen-bond donors (Lipinski definition) is 1. The Morgan fingerprint density at radius 3 is 1.60 bits per heavy atom. The molecule has 134 valence electrons. The first-order valence-electron chi connectivity index (χ1n) is 8.78. The van der Waals surface area contributed by atoms with Gasteiger partial charge in [0.2, 0.25) is 0 Å². The fraction of sp³-hybridized carbons (Fsp3) is 0.429. The molecule has 0 spiro atoms. The van der Waals surface area contributed by atoms with Crippen molar-refractivity contribution in [2.75, 3.05) is 34.4 Å². The van der Waals surface area contributed by atoms with Gasteiger partial charge >= 0.3 is 0 Å². The van der Waals surface area contributed by atoms with Gasteiger partial charge in [-0.3, -0.25) is 0 Å². The smallest absolute Gasteiger partial charge is 0.118 e. The van der Waals surface area contributed by atoms with Gasteiger partial charge in [0.15, 0.2) is 0 Å². The van der Waals surface area contributed by atoms with E-state index in [2.05, 4.69) is 11.9 Å². The van der Waals surface area contributed by atoms with Gasteiger partial charge in [-0.1, -0.05) is 24.3 Å². The molecule has 1 aliphatic heterocycles. The van der Waals surface area contributed by atoms with E-state index >= 15 is 0 Å². The predicted octanol–water partition coefficient (Wildman–Crippen LogP) is 3.28. The summed E-state index contributed by atoms with van der Waals surface area (Å²) in [6.07, 6.45) is 1.93. The third-order valence-corrected chi connectivity index (χ3v) is 5.37. The van der Waals surface area contributed by atoms with Crippen LogP contribution in [-0.4, -0.2) is 44.4 Å². The molecule has 0 atom stereocenters.